The fourth-order valence-electron chi connectivity index (χ4n) is 2.92. The maximum absolute atomic E-state index is 12.6. The van der Waals surface area contributed by atoms with E-state index in [0.717, 1.165) is 5.56 Å². The van der Waals surface area contributed by atoms with E-state index < -0.39 is 5.41 Å². The van der Waals surface area contributed by atoms with Crippen molar-refractivity contribution in [2.45, 2.75) is 20.8 Å². The van der Waals surface area contributed by atoms with E-state index in [2.05, 4.69) is 5.32 Å². The topological polar surface area (TPSA) is 67.9 Å². The van der Waals surface area contributed by atoms with Crippen molar-refractivity contribution in [3.8, 4) is 11.5 Å². The van der Waals surface area contributed by atoms with Gasteiger partial charge in [0.05, 0.1) is 11.1 Å². The SMILES string of the molecule is Cc1ccccc1OCC(=O)Nc1ccc2c(c1)N(C)C(=O)C(C)(C)CO2. The summed E-state index contributed by atoms with van der Waals surface area (Å²) in [5.41, 5.74) is 1.56. The van der Waals surface area contributed by atoms with Crippen LogP contribution < -0.4 is 19.7 Å². The predicted octanol–water partition coefficient (Wildman–Crippen LogP) is 3.39. The Kier molecular flexibility index (Phi) is 5.08. The molecule has 142 valence electrons. The lowest BCUT2D eigenvalue weighted by Crippen LogP contribution is -2.39. The first kappa shape index (κ1) is 18.8. The van der Waals surface area contributed by atoms with E-state index in [1.165, 1.54) is 0 Å². The van der Waals surface area contributed by atoms with Crippen molar-refractivity contribution >= 4 is 23.2 Å². The van der Waals surface area contributed by atoms with Crippen LogP contribution >= 0.6 is 0 Å². The number of rotatable bonds is 4. The molecule has 0 unspecified atom stereocenters. The maximum atomic E-state index is 12.6. The lowest BCUT2D eigenvalue weighted by atomic mass is 9.93. The maximum Gasteiger partial charge on any atom is 0.262 e. The van der Waals surface area contributed by atoms with Gasteiger partial charge >= 0.3 is 0 Å². The Morgan fingerprint density at radius 1 is 1.26 bits per heavy atom. The van der Waals surface area contributed by atoms with Crippen molar-refractivity contribution in [3.63, 3.8) is 0 Å². The summed E-state index contributed by atoms with van der Waals surface area (Å²) in [5.74, 6) is 0.982. The molecule has 0 radical (unpaired) electrons. The Balaban J connectivity index is 1.70. The highest BCUT2D eigenvalue weighted by molar-refractivity contribution is 6.00. The molecule has 3 rings (SSSR count). The average Bonchev–Trinajstić information content (AvgIpc) is 2.72. The highest BCUT2D eigenvalue weighted by Crippen LogP contribution is 2.37. The highest BCUT2D eigenvalue weighted by atomic mass is 16.5. The van der Waals surface area contributed by atoms with Gasteiger partial charge in [0.25, 0.3) is 5.91 Å². The lowest BCUT2D eigenvalue weighted by Gasteiger charge is -2.24. The number of benzene rings is 2. The summed E-state index contributed by atoms with van der Waals surface area (Å²) >= 11 is 0. The molecule has 2 aromatic rings. The first-order valence-corrected chi connectivity index (χ1v) is 8.81. The molecule has 0 atom stereocenters. The number of nitrogens with zero attached hydrogens (tertiary/aromatic N) is 1. The first-order valence-electron chi connectivity index (χ1n) is 8.81. The van der Waals surface area contributed by atoms with Crippen LogP contribution in [0.5, 0.6) is 11.5 Å². The smallest absolute Gasteiger partial charge is 0.262 e. The van der Waals surface area contributed by atoms with Gasteiger partial charge in [-0.1, -0.05) is 18.2 Å². The molecular formula is C21H24N2O4. The number of ether oxygens (including phenoxy) is 2. The van der Waals surface area contributed by atoms with Gasteiger partial charge in [0.2, 0.25) is 5.91 Å². The molecule has 0 aliphatic carbocycles. The van der Waals surface area contributed by atoms with Gasteiger partial charge in [0.1, 0.15) is 18.1 Å². The van der Waals surface area contributed by atoms with Gasteiger partial charge < -0.3 is 19.7 Å². The van der Waals surface area contributed by atoms with Crippen molar-refractivity contribution < 1.29 is 19.1 Å². The third-order valence-corrected chi connectivity index (χ3v) is 4.53. The van der Waals surface area contributed by atoms with E-state index in [-0.39, 0.29) is 18.4 Å². The van der Waals surface area contributed by atoms with Crippen LogP contribution in [-0.2, 0) is 9.59 Å². The summed E-state index contributed by atoms with van der Waals surface area (Å²) in [4.78, 5) is 26.4. The zero-order valence-corrected chi connectivity index (χ0v) is 16.0. The minimum absolute atomic E-state index is 0.0346. The van der Waals surface area contributed by atoms with E-state index in [4.69, 9.17) is 9.47 Å². The molecule has 0 saturated heterocycles. The number of carbonyl (C=O) groups excluding carboxylic acids is 2. The molecule has 0 saturated carbocycles. The second kappa shape index (κ2) is 7.31. The standard InChI is InChI=1S/C21H24N2O4/c1-14-7-5-6-8-17(14)26-12-19(24)22-15-9-10-18-16(11-15)23(4)20(25)21(2,3)13-27-18/h5-11H,12-13H2,1-4H3,(H,22,24). The fourth-order valence-corrected chi connectivity index (χ4v) is 2.92. The summed E-state index contributed by atoms with van der Waals surface area (Å²) in [5, 5.41) is 2.80. The Labute approximate surface area is 159 Å². The van der Waals surface area contributed by atoms with E-state index in [1.54, 1.807) is 30.1 Å². The molecule has 6 nitrogen and oxygen atoms in total. The van der Waals surface area contributed by atoms with Crippen molar-refractivity contribution in [3.05, 3.63) is 48.0 Å². The number of para-hydroxylation sites is 1. The summed E-state index contributed by atoms with van der Waals surface area (Å²) < 4.78 is 11.4. The molecular weight excluding hydrogens is 344 g/mol. The van der Waals surface area contributed by atoms with Crippen LogP contribution in [0.3, 0.4) is 0 Å². The summed E-state index contributed by atoms with van der Waals surface area (Å²) in [6.07, 6.45) is 0. The van der Waals surface area contributed by atoms with Crippen molar-refractivity contribution in [1.82, 2.24) is 0 Å². The number of hydrogen-bond acceptors (Lipinski definition) is 4. The normalized spacial score (nSPS) is 15.4. The van der Waals surface area contributed by atoms with E-state index >= 15 is 0 Å². The van der Waals surface area contributed by atoms with Crippen LogP contribution in [0.15, 0.2) is 42.5 Å². The quantitative estimate of drug-likeness (QED) is 0.898. The first-order chi connectivity index (χ1) is 12.8. The monoisotopic (exact) mass is 368 g/mol. The lowest BCUT2D eigenvalue weighted by molar-refractivity contribution is -0.127. The van der Waals surface area contributed by atoms with Gasteiger partial charge in [0.15, 0.2) is 6.61 Å². The Hall–Kier alpha value is -3.02. The number of nitrogens with one attached hydrogen (secondary N) is 1. The van der Waals surface area contributed by atoms with E-state index in [0.29, 0.717) is 29.5 Å². The van der Waals surface area contributed by atoms with Crippen LogP contribution in [0.4, 0.5) is 11.4 Å². The Morgan fingerprint density at radius 3 is 2.74 bits per heavy atom. The van der Waals surface area contributed by atoms with Gasteiger partial charge in [-0.3, -0.25) is 9.59 Å². The molecule has 2 amide bonds. The highest BCUT2D eigenvalue weighted by Gasteiger charge is 2.36. The molecule has 1 aliphatic heterocycles. The van der Waals surface area contributed by atoms with Crippen molar-refractivity contribution in [2.24, 2.45) is 5.41 Å². The Morgan fingerprint density at radius 2 is 2.00 bits per heavy atom. The molecule has 0 fully saturated rings. The summed E-state index contributed by atoms with van der Waals surface area (Å²) in [6, 6.07) is 12.8. The average molecular weight is 368 g/mol. The zero-order valence-electron chi connectivity index (χ0n) is 16.0. The number of amides is 2. The van der Waals surface area contributed by atoms with Crippen LogP contribution in [0.2, 0.25) is 0 Å². The third-order valence-electron chi connectivity index (χ3n) is 4.53. The largest absolute Gasteiger partial charge is 0.490 e. The Bertz CT molecular complexity index is 876. The van der Waals surface area contributed by atoms with E-state index in [9.17, 15) is 9.59 Å². The number of aryl methyl sites for hydroxylation is 1. The van der Waals surface area contributed by atoms with Crippen LogP contribution in [0, 0.1) is 12.3 Å². The van der Waals surface area contributed by atoms with Crippen molar-refractivity contribution in [1.29, 1.82) is 0 Å². The minimum atomic E-state index is -0.613. The molecule has 1 N–H and O–H groups in total. The summed E-state index contributed by atoms with van der Waals surface area (Å²) in [7, 11) is 1.71. The number of carbonyl (C=O) groups is 2. The van der Waals surface area contributed by atoms with Crippen LogP contribution in [0.1, 0.15) is 19.4 Å². The number of anilines is 2. The molecule has 1 heterocycles. The number of hydrogen-bond donors (Lipinski definition) is 1. The van der Waals surface area contributed by atoms with Crippen LogP contribution in [0.25, 0.3) is 0 Å². The van der Waals surface area contributed by atoms with Gasteiger partial charge in [-0.05, 0) is 50.6 Å². The van der Waals surface area contributed by atoms with Gasteiger partial charge in [-0.25, -0.2) is 0 Å². The van der Waals surface area contributed by atoms with Crippen LogP contribution in [-0.4, -0.2) is 32.1 Å². The number of fused-ring (bicyclic) bond motifs is 1. The predicted molar refractivity (Wildman–Crippen MR) is 104 cm³/mol. The third kappa shape index (κ3) is 4.05. The zero-order chi connectivity index (χ0) is 19.6. The van der Waals surface area contributed by atoms with Gasteiger partial charge in [0, 0.05) is 12.7 Å². The minimum Gasteiger partial charge on any atom is -0.490 e. The fraction of sp³-hybridized carbons (Fsp3) is 0.333. The van der Waals surface area contributed by atoms with Crippen molar-refractivity contribution in [2.75, 3.05) is 30.5 Å². The van der Waals surface area contributed by atoms with Gasteiger partial charge in [-0.2, -0.15) is 0 Å². The molecule has 0 spiro atoms. The second-order valence-electron chi connectivity index (χ2n) is 7.32. The molecule has 0 aromatic heterocycles. The van der Waals surface area contributed by atoms with E-state index in [1.807, 2.05) is 45.0 Å². The molecule has 0 bridgehead atoms. The second-order valence-corrected chi connectivity index (χ2v) is 7.32. The van der Waals surface area contributed by atoms with Gasteiger partial charge in [-0.15, -0.1) is 0 Å². The molecule has 27 heavy (non-hydrogen) atoms. The molecule has 6 heteroatoms. The molecule has 2 aromatic carbocycles. The molecule has 1 aliphatic rings. The summed E-state index contributed by atoms with van der Waals surface area (Å²) in [6.45, 7) is 5.83.